The molecule has 0 aliphatic carbocycles. The lowest BCUT2D eigenvalue weighted by molar-refractivity contribution is -0.139. The van der Waals surface area contributed by atoms with Gasteiger partial charge in [-0.05, 0) is 18.6 Å². The average molecular weight is 364 g/mol. The Hall–Kier alpha value is -2.32. The first-order chi connectivity index (χ1) is 12.0. The number of nitrogens with one attached hydrogen (secondary N) is 1. The molecule has 1 aromatic heterocycles. The Morgan fingerprint density at radius 3 is 2.96 bits per heavy atom. The first-order valence-corrected chi connectivity index (χ1v) is 8.65. The fourth-order valence-electron chi connectivity index (χ4n) is 2.83. The maximum atomic E-state index is 13.3. The number of hydrogen-bond donors (Lipinski definition) is 2. The number of carboxylic acid groups (broad SMARTS) is 1. The number of rotatable bonds is 6. The van der Waals surface area contributed by atoms with E-state index in [1.807, 2.05) is 0 Å². The fourth-order valence-corrected chi connectivity index (χ4v) is 3.64. The molecular weight excluding hydrogens is 347 g/mol. The van der Waals surface area contributed by atoms with E-state index in [-0.39, 0.29) is 31.2 Å². The number of carbonyl (C=O) groups excluding carboxylic acids is 1. The van der Waals surface area contributed by atoms with Crippen molar-refractivity contribution < 1.29 is 23.8 Å². The Bertz CT molecular complexity index is 786. The molecule has 1 unspecified atom stereocenters. The predicted molar refractivity (Wildman–Crippen MR) is 89.8 cm³/mol. The maximum absolute atomic E-state index is 13.3. The molecule has 1 aliphatic heterocycles. The maximum Gasteiger partial charge on any atom is 0.305 e. The summed E-state index contributed by atoms with van der Waals surface area (Å²) in [6, 6.07) is 6.11. The molecule has 0 radical (unpaired) electrons. The monoisotopic (exact) mass is 364 g/mol. The minimum atomic E-state index is -0.979. The van der Waals surface area contributed by atoms with E-state index >= 15 is 0 Å². The van der Waals surface area contributed by atoms with E-state index in [0.29, 0.717) is 29.3 Å². The molecule has 6 nitrogen and oxygen atoms in total. The van der Waals surface area contributed by atoms with Gasteiger partial charge in [-0.15, -0.1) is 11.3 Å². The summed E-state index contributed by atoms with van der Waals surface area (Å²) in [6.45, 7) is 0.616. The number of carbonyl (C=O) groups is 2. The van der Waals surface area contributed by atoms with Crippen molar-refractivity contribution in [2.75, 3.05) is 13.2 Å². The lowest BCUT2D eigenvalue weighted by Gasteiger charge is -2.26. The predicted octanol–water partition coefficient (Wildman–Crippen LogP) is 2.24. The van der Waals surface area contributed by atoms with Crippen LogP contribution in [-0.4, -0.2) is 40.7 Å². The molecule has 0 spiro atoms. The topological polar surface area (TPSA) is 88.5 Å². The van der Waals surface area contributed by atoms with Crippen molar-refractivity contribution in [3.63, 3.8) is 0 Å². The van der Waals surface area contributed by atoms with Gasteiger partial charge in [-0.3, -0.25) is 9.59 Å². The van der Waals surface area contributed by atoms with Crippen LogP contribution in [0.25, 0.3) is 10.6 Å². The molecule has 0 saturated carbocycles. The molecule has 2 N–H and O–H groups in total. The van der Waals surface area contributed by atoms with Gasteiger partial charge in [-0.1, -0.05) is 12.1 Å². The number of carboxylic acids is 1. The van der Waals surface area contributed by atoms with Gasteiger partial charge in [0.25, 0.3) is 0 Å². The number of ether oxygens (including phenoxy) is 1. The molecule has 3 rings (SSSR count). The van der Waals surface area contributed by atoms with E-state index in [9.17, 15) is 14.0 Å². The summed E-state index contributed by atoms with van der Waals surface area (Å²) in [4.78, 5) is 27.7. The number of benzene rings is 1. The van der Waals surface area contributed by atoms with E-state index < -0.39 is 11.5 Å². The van der Waals surface area contributed by atoms with Crippen LogP contribution in [0.1, 0.15) is 18.5 Å². The summed E-state index contributed by atoms with van der Waals surface area (Å²) < 4.78 is 18.6. The second kappa shape index (κ2) is 7.28. The standard InChI is InChI=1S/C17H17FN2O4S/c18-12-3-1-2-11(6-12)16-19-13(9-25-16)7-14(21)20-17(8-15(22)23)4-5-24-10-17/h1-3,6,9H,4-5,7-8,10H2,(H,20,21)(H,22,23). The van der Waals surface area contributed by atoms with E-state index in [0.717, 1.165) is 0 Å². The number of thiazole rings is 1. The molecule has 8 heteroatoms. The highest BCUT2D eigenvalue weighted by atomic mass is 32.1. The number of halogens is 1. The van der Waals surface area contributed by atoms with E-state index in [1.54, 1.807) is 17.5 Å². The minimum Gasteiger partial charge on any atom is -0.481 e. The zero-order chi connectivity index (χ0) is 17.9. The van der Waals surface area contributed by atoms with Crippen LogP contribution in [-0.2, 0) is 20.7 Å². The molecule has 2 aromatic rings. The van der Waals surface area contributed by atoms with Gasteiger partial charge in [0.05, 0.1) is 30.7 Å². The van der Waals surface area contributed by atoms with Crippen LogP contribution < -0.4 is 5.32 Å². The normalized spacial score (nSPS) is 19.7. The molecule has 1 fully saturated rings. The Balaban J connectivity index is 1.66. The van der Waals surface area contributed by atoms with Gasteiger partial charge in [0.15, 0.2) is 0 Å². The molecule has 25 heavy (non-hydrogen) atoms. The van der Waals surface area contributed by atoms with Crippen molar-refractivity contribution in [2.45, 2.75) is 24.8 Å². The first kappa shape index (κ1) is 17.5. The Kier molecular flexibility index (Phi) is 5.10. The van der Waals surface area contributed by atoms with Gasteiger partial charge >= 0.3 is 5.97 Å². The van der Waals surface area contributed by atoms with Gasteiger partial charge in [0.2, 0.25) is 5.91 Å². The zero-order valence-corrected chi connectivity index (χ0v) is 14.1. The van der Waals surface area contributed by atoms with Crippen LogP contribution in [0, 0.1) is 5.82 Å². The van der Waals surface area contributed by atoms with E-state index in [2.05, 4.69) is 10.3 Å². The van der Waals surface area contributed by atoms with E-state index in [1.165, 1.54) is 23.5 Å². The van der Waals surface area contributed by atoms with Crippen molar-refractivity contribution in [1.29, 1.82) is 0 Å². The van der Waals surface area contributed by atoms with Crippen LogP contribution in [0.5, 0.6) is 0 Å². The van der Waals surface area contributed by atoms with Gasteiger partial charge in [-0.25, -0.2) is 9.37 Å². The quantitative estimate of drug-likeness (QED) is 0.821. The van der Waals surface area contributed by atoms with Crippen LogP contribution in [0.4, 0.5) is 4.39 Å². The number of aliphatic carboxylic acids is 1. The minimum absolute atomic E-state index is 0.0349. The molecule has 132 valence electrons. The number of hydrogen-bond acceptors (Lipinski definition) is 5. The first-order valence-electron chi connectivity index (χ1n) is 7.77. The third kappa shape index (κ3) is 4.40. The molecule has 2 heterocycles. The van der Waals surface area contributed by atoms with E-state index in [4.69, 9.17) is 9.84 Å². The largest absolute Gasteiger partial charge is 0.481 e. The highest BCUT2D eigenvalue weighted by Crippen LogP contribution is 2.25. The third-order valence-electron chi connectivity index (χ3n) is 3.96. The summed E-state index contributed by atoms with van der Waals surface area (Å²) >= 11 is 1.33. The lowest BCUT2D eigenvalue weighted by Crippen LogP contribution is -2.51. The van der Waals surface area contributed by atoms with Gasteiger partial charge < -0.3 is 15.2 Å². The summed E-state index contributed by atoms with van der Waals surface area (Å²) in [6.07, 6.45) is 0.328. The highest BCUT2D eigenvalue weighted by Gasteiger charge is 2.38. The molecule has 1 saturated heterocycles. The smallest absolute Gasteiger partial charge is 0.305 e. The molecule has 1 atom stereocenters. The molecular formula is C17H17FN2O4S. The molecule has 1 aromatic carbocycles. The number of aromatic nitrogens is 1. The van der Waals surface area contributed by atoms with Crippen LogP contribution in [0.3, 0.4) is 0 Å². The molecule has 1 amide bonds. The fraction of sp³-hybridized carbons (Fsp3) is 0.353. The van der Waals surface area contributed by atoms with Crippen LogP contribution in [0.2, 0.25) is 0 Å². The van der Waals surface area contributed by atoms with Crippen molar-refractivity contribution in [3.8, 4) is 10.6 Å². The highest BCUT2D eigenvalue weighted by molar-refractivity contribution is 7.13. The van der Waals surface area contributed by atoms with Crippen molar-refractivity contribution in [2.24, 2.45) is 0 Å². The SMILES string of the molecule is O=C(O)CC1(NC(=O)Cc2csc(-c3cccc(F)c3)n2)CCOC1. The van der Waals surface area contributed by atoms with Crippen LogP contribution in [0.15, 0.2) is 29.6 Å². The summed E-state index contributed by atoms with van der Waals surface area (Å²) in [5, 5.41) is 14.2. The lowest BCUT2D eigenvalue weighted by atomic mass is 9.94. The second-order valence-corrected chi connectivity index (χ2v) is 6.89. The Morgan fingerprint density at radius 2 is 2.28 bits per heavy atom. The van der Waals surface area contributed by atoms with Crippen molar-refractivity contribution in [1.82, 2.24) is 10.3 Å². The molecule has 1 aliphatic rings. The number of amides is 1. The van der Waals surface area contributed by atoms with Crippen LogP contribution >= 0.6 is 11.3 Å². The summed E-state index contributed by atoms with van der Waals surface area (Å²) in [5.74, 6) is -1.63. The Labute approximate surface area is 147 Å². The average Bonchev–Trinajstić information content (AvgIpc) is 3.16. The van der Waals surface area contributed by atoms with Crippen molar-refractivity contribution in [3.05, 3.63) is 41.2 Å². The second-order valence-electron chi connectivity index (χ2n) is 6.03. The van der Waals surface area contributed by atoms with Gasteiger partial charge in [0.1, 0.15) is 10.8 Å². The summed E-state index contributed by atoms with van der Waals surface area (Å²) in [5.41, 5.74) is 0.360. The zero-order valence-electron chi connectivity index (χ0n) is 13.3. The van der Waals surface area contributed by atoms with Gasteiger partial charge in [-0.2, -0.15) is 0 Å². The number of nitrogens with zero attached hydrogens (tertiary/aromatic N) is 1. The third-order valence-corrected chi connectivity index (χ3v) is 4.90. The van der Waals surface area contributed by atoms with Crippen molar-refractivity contribution >= 4 is 23.2 Å². The van der Waals surface area contributed by atoms with Gasteiger partial charge in [0, 0.05) is 17.6 Å². The molecule has 0 bridgehead atoms. The Morgan fingerprint density at radius 1 is 1.44 bits per heavy atom. The summed E-state index contributed by atoms with van der Waals surface area (Å²) in [7, 11) is 0.